The Morgan fingerprint density at radius 1 is 1.70 bits per heavy atom. The molecule has 0 heterocycles. The van der Waals surface area contributed by atoms with Crippen LogP contribution >= 0.6 is 0 Å². The monoisotopic (exact) mass is 142 g/mol. The number of esters is 1. The zero-order chi connectivity index (χ0) is 7.98. The fourth-order valence-electron chi connectivity index (χ4n) is 0.687. The number of ether oxygens (including phenoxy) is 1. The number of hydrogen-bond donors (Lipinski definition) is 0. The van der Waals surface area contributed by atoms with Gasteiger partial charge in [-0.3, -0.25) is 4.79 Å². The minimum Gasteiger partial charge on any atom is -0.458 e. The molecule has 0 saturated carbocycles. The summed E-state index contributed by atoms with van der Waals surface area (Å²) in [4.78, 5) is 10.4. The van der Waals surface area contributed by atoms with Crippen molar-refractivity contribution < 1.29 is 9.53 Å². The van der Waals surface area contributed by atoms with E-state index >= 15 is 0 Å². The topological polar surface area (TPSA) is 26.3 Å². The molecule has 0 aliphatic carbocycles. The Hall–Kier alpha value is -0.790. The first-order chi connectivity index (χ1) is 4.70. The fourth-order valence-corrected chi connectivity index (χ4v) is 0.687. The van der Waals surface area contributed by atoms with Crippen LogP contribution in [0.5, 0.6) is 0 Å². The van der Waals surface area contributed by atoms with E-state index in [1.165, 1.54) is 6.92 Å². The minimum atomic E-state index is -0.218. The lowest BCUT2D eigenvalue weighted by atomic mass is 10.2. The van der Waals surface area contributed by atoms with E-state index in [2.05, 4.69) is 0 Å². The highest BCUT2D eigenvalue weighted by Crippen LogP contribution is 1.99. The zero-order valence-electron chi connectivity index (χ0n) is 6.76. The van der Waals surface area contributed by atoms with Crippen molar-refractivity contribution in [3.63, 3.8) is 0 Å². The summed E-state index contributed by atoms with van der Waals surface area (Å²) in [6.07, 6.45) is 4.56. The minimum absolute atomic E-state index is 0.0394. The Kier molecular flexibility index (Phi) is 4.63. The quantitative estimate of drug-likeness (QED) is 0.444. The Bertz CT molecular complexity index is 127. The number of hydrogen-bond acceptors (Lipinski definition) is 2. The van der Waals surface area contributed by atoms with Crippen molar-refractivity contribution in [2.75, 3.05) is 0 Å². The molecule has 10 heavy (non-hydrogen) atoms. The summed E-state index contributed by atoms with van der Waals surface area (Å²) in [5.74, 6) is -0.218. The first-order valence-corrected chi connectivity index (χ1v) is 3.50. The van der Waals surface area contributed by atoms with Crippen molar-refractivity contribution >= 4 is 5.97 Å². The molecule has 0 fully saturated rings. The third-order valence-electron chi connectivity index (χ3n) is 1.13. The van der Waals surface area contributed by atoms with Crippen molar-refractivity contribution in [2.24, 2.45) is 0 Å². The van der Waals surface area contributed by atoms with Gasteiger partial charge in [-0.15, -0.1) is 0 Å². The van der Waals surface area contributed by atoms with Gasteiger partial charge in [0, 0.05) is 6.92 Å². The molecule has 0 radical (unpaired) electrons. The van der Waals surface area contributed by atoms with Gasteiger partial charge in [0.05, 0.1) is 0 Å². The zero-order valence-corrected chi connectivity index (χ0v) is 6.76. The van der Waals surface area contributed by atoms with Gasteiger partial charge in [-0.2, -0.15) is 0 Å². The molecule has 0 amide bonds. The smallest absolute Gasteiger partial charge is 0.303 e. The number of allylic oxidation sites excluding steroid dienone is 1. The van der Waals surface area contributed by atoms with Crippen LogP contribution in [-0.2, 0) is 9.53 Å². The molecule has 0 saturated heterocycles. The molecular formula is C8H14O2. The van der Waals surface area contributed by atoms with Crippen LogP contribution in [0.1, 0.15) is 27.2 Å². The van der Waals surface area contributed by atoms with E-state index in [1.807, 2.05) is 26.0 Å². The third kappa shape index (κ3) is 4.13. The van der Waals surface area contributed by atoms with E-state index in [-0.39, 0.29) is 12.1 Å². The highest BCUT2D eigenvalue weighted by Gasteiger charge is 2.02. The standard InChI is InChI=1S/C8H14O2/c1-4-6-8(5-2)10-7(3)9/h4,6,8H,5H2,1-3H3. The van der Waals surface area contributed by atoms with Gasteiger partial charge in [-0.25, -0.2) is 0 Å². The molecule has 0 aliphatic rings. The van der Waals surface area contributed by atoms with Crippen molar-refractivity contribution in [3.05, 3.63) is 12.2 Å². The average Bonchev–Trinajstić information content (AvgIpc) is 1.86. The number of rotatable bonds is 3. The third-order valence-corrected chi connectivity index (χ3v) is 1.13. The molecule has 58 valence electrons. The molecule has 0 aromatic heterocycles. The van der Waals surface area contributed by atoms with Gasteiger partial charge in [0.1, 0.15) is 6.10 Å². The maximum absolute atomic E-state index is 10.4. The van der Waals surface area contributed by atoms with Gasteiger partial charge in [0.2, 0.25) is 0 Å². The van der Waals surface area contributed by atoms with Crippen LogP contribution in [-0.4, -0.2) is 12.1 Å². The maximum Gasteiger partial charge on any atom is 0.303 e. The van der Waals surface area contributed by atoms with Crippen LogP contribution < -0.4 is 0 Å². The molecule has 0 rings (SSSR count). The molecule has 0 spiro atoms. The summed E-state index contributed by atoms with van der Waals surface area (Å²) in [7, 11) is 0. The van der Waals surface area contributed by atoms with Crippen molar-refractivity contribution in [3.8, 4) is 0 Å². The Balaban J connectivity index is 3.71. The van der Waals surface area contributed by atoms with E-state index in [0.29, 0.717) is 0 Å². The average molecular weight is 142 g/mol. The molecular weight excluding hydrogens is 128 g/mol. The second kappa shape index (κ2) is 5.03. The van der Waals surface area contributed by atoms with Crippen molar-refractivity contribution in [1.29, 1.82) is 0 Å². The molecule has 2 nitrogen and oxygen atoms in total. The lowest BCUT2D eigenvalue weighted by Gasteiger charge is -2.08. The van der Waals surface area contributed by atoms with Crippen molar-refractivity contribution in [1.82, 2.24) is 0 Å². The van der Waals surface area contributed by atoms with Gasteiger partial charge < -0.3 is 4.74 Å². The van der Waals surface area contributed by atoms with Crippen LogP contribution in [0.25, 0.3) is 0 Å². The Labute approximate surface area is 61.9 Å². The normalized spacial score (nSPS) is 13.5. The van der Waals surface area contributed by atoms with Crippen LogP contribution in [0.2, 0.25) is 0 Å². The van der Waals surface area contributed by atoms with Crippen LogP contribution in [0.4, 0.5) is 0 Å². The second-order valence-corrected chi connectivity index (χ2v) is 2.08. The highest BCUT2D eigenvalue weighted by molar-refractivity contribution is 5.66. The van der Waals surface area contributed by atoms with Crippen LogP contribution in [0.3, 0.4) is 0 Å². The van der Waals surface area contributed by atoms with E-state index in [0.717, 1.165) is 6.42 Å². The molecule has 1 atom stereocenters. The summed E-state index contributed by atoms with van der Waals surface area (Å²) >= 11 is 0. The molecule has 0 aromatic carbocycles. The lowest BCUT2D eigenvalue weighted by Crippen LogP contribution is -2.11. The molecule has 0 bridgehead atoms. The fraction of sp³-hybridized carbons (Fsp3) is 0.625. The predicted octanol–water partition coefficient (Wildman–Crippen LogP) is 1.90. The number of carbonyl (C=O) groups excluding carboxylic acids is 1. The van der Waals surface area contributed by atoms with E-state index in [4.69, 9.17) is 4.74 Å². The van der Waals surface area contributed by atoms with Gasteiger partial charge >= 0.3 is 5.97 Å². The van der Waals surface area contributed by atoms with Crippen molar-refractivity contribution in [2.45, 2.75) is 33.3 Å². The molecule has 0 aromatic rings. The van der Waals surface area contributed by atoms with Gasteiger partial charge in [-0.05, 0) is 19.4 Å². The summed E-state index contributed by atoms with van der Waals surface area (Å²) in [5.41, 5.74) is 0. The first kappa shape index (κ1) is 9.21. The van der Waals surface area contributed by atoms with E-state index in [9.17, 15) is 4.79 Å². The predicted molar refractivity (Wildman–Crippen MR) is 40.7 cm³/mol. The van der Waals surface area contributed by atoms with Crippen LogP contribution in [0, 0.1) is 0 Å². The first-order valence-electron chi connectivity index (χ1n) is 3.50. The molecule has 1 unspecified atom stereocenters. The Morgan fingerprint density at radius 3 is 2.60 bits per heavy atom. The highest BCUT2D eigenvalue weighted by atomic mass is 16.5. The van der Waals surface area contributed by atoms with Crippen LogP contribution in [0.15, 0.2) is 12.2 Å². The molecule has 2 heteroatoms. The lowest BCUT2D eigenvalue weighted by molar-refractivity contribution is -0.144. The van der Waals surface area contributed by atoms with E-state index < -0.39 is 0 Å². The van der Waals surface area contributed by atoms with Gasteiger partial charge in [0.25, 0.3) is 0 Å². The molecule has 0 aliphatic heterocycles. The second-order valence-electron chi connectivity index (χ2n) is 2.08. The molecule has 0 N–H and O–H groups in total. The Morgan fingerprint density at radius 2 is 2.30 bits per heavy atom. The summed E-state index contributed by atoms with van der Waals surface area (Å²) in [6, 6.07) is 0. The summed E-state index contributed by atoms with van der Waals surface area (Å²) in [5, 5.41) is 0. The van der Waals surface area contributed by atoms with Gasteiger partial charge in [-0.1, -0.05) is 13.0 Å². The van der Waals surface area contributed by atoms with E-state index in [1.54, 1.807) is 0 Å². The largest absolute Gasteiger partial charge is 0.458 e. The van der Waals surface area contributed by atoms with Gasteiger partial charge in [0.15, 0.2) is 0 Å². The summed E-state index contributed by atoms with van der Waals surface area (Å²) in [6.45, 7) is 5.31. The number of carbonyl (C=O) groups is 1. The SMILES string of the molecule is CC=CC(CC)OC(C)=O. The summed E-state index contributed by atoms with van der Waals surface area (Å²) < 4.78 is 4.91. The maximum atomic E-state index is 10.4.